The van der Waals surface area contributed by atoms with Gasteiger partial charge in [-0.15, -0.1) is 0 Å². The Morgan fingerprint density at radius 1 is 1.41 bits per heavy atom. The highest BCUT2D eigenvalue weighted by atomic mass is 16.6. The number of hydrogen-bond acceptors (Lipinski definition) is 5. The van der Waals surface area contributed by atoms with Crippen LogP contribution in [0.25, 0.3) is 0 Å². The van der Waals surface area contributed by atoms with Crippen LogP contribution in [0.1, 0.15) is 32.3 Å². The molecule has 0 unspecified atom stereocenters. The van der Waals surface area contributed by atoms with Gasteiger partial charge in [-0.1, -0.05) is 0 Å². The SMILES string of the molecule is CC(C)(NC(=O)[C@@H]1CC[C@H](CN)O1)c1ccc([N+](=O)[O-])cc1. The summed E-state index contributed by atoms with van der Waals surface area (Å²) in [5.74, 6) is -0.181. The highest BCUT2D eigenvalue weighted by Gasteiger charge is 2.33. The summed E-state index contributed by atoms with van der Waals surface area (Å²) in [4.78, 5) is 22.5. The van der Waals surface area contributed by atoms with Crippen molar-refractivity contribution in [3.8, 4) is 0 Å². The van der Waals surface area contributed by atoms with E-state index >= 15 is 0 Å². The molecule has 0 bridgehead atoms. The lowest BCUT2D eigenvalue weighted by atomic mass is 9.93. The fraction of sp³-hybridized carbons (Fsp3) is 0.533. The van der Waals surface area contributed by atoms with Crippen LogP contribution < -0.4 is 11.1 Å². The average Bonchev–Trinajstić information content (AvgIpc) is 2.96. The highest BCUT2D eigenvalue weighted by molar-refractivity contribution is 5.82. The molecule has 2 atom stereocenters. The minimum absolute atomic E-state index is 0.0239. The van der Waals surface area contributed by atoms with Crippen molar-refractivity contribution in [1.29, 1.82) is 0 Å². The number of nitro benzene ring substituents is 1. The summed E-state index contributed by atoms with van der Waals surface area (Å²) in [7, 11) is 0. The summed E-state index contributed by atoms with van der Waals surface area (Å²) in [5, 5.41) is 13.6. The summed E-state index contributed by atoms with van der Waals surface area (Å²) >= 11 is 0. The number of benzene rings is 1. The van der Waals surface area contributed by atoms with Crippen LogP contribution in [0.5, 0.6) is 0 Å². The molecule has 1 aliphatic heterocycles. The number of carbonyl (C=O) groups is 1. The summed E-state index contributed by atoms with van der Waals surface area (Å²) in [5.41, 5.74) is 5.71. The second-order valence-electron chi connectivity index (χ2n) is 5.98. The Kier molecular flexibility index (Phi) is 4.77. The second-order valence-corrected chi connectivity index (χ2v) is 5.98. The topological polar surface area (TPSA) is 107 Å². The molecular formula is C15H21N3O4. The first-order chi connectivity index (χ1) is 10.3. The molecule has 1 aromatic carbocycles. The monoisotopic (exact) mass is 307 g/mol. The third-order valence-electron chi connectivity index (χ3n) is 3.90. The molecule has 0 spiro atoms. The van der Waals surface area contributed by atoms with E-state index in [-0.39, 0.29) is 17.7 Å². The fourth-order valence-electron chi connectivity index (χ4n) is 2.53. The van der Waals surface area contributed by atoms with Crippen LogP contribution in [0.2, 0.25) is 0 Å². The van der Waals surface area contributed by atoms with Gasteiger partial charge in [0, 0.05) is 18.7 Å². The van der Waals surface area contributed by atoms with E-state index in [0.29, 0.717) is 13.0 Å². The van der Waals surface area contributed by atoms with Crippen molar-refractivity contribution in [3.63, 3.8) is 0 Å². The zero-order chi connectivity index (χ0) is 16.3. The van der Waals surface area contributed by atoms with E-state index in [1.54, 1.807) is 12.1 Å². The minimum atomic E-state index is -0.642. The molecule has 2 rings (SSSR count). The Morgan fingerprint density at radius 2 is 2.05 bits per heavy atom. The summed E-state index contributed by atoms with van der Waals surface area (Å²) < 4.78 is 5.58. The summed E-state index contributed by atoms with van der Waals surface area (Å²) in [6, 6.07) is 6.16. The zero-order valence-electron chi connectivity index (χ0n) is 12.7. The molecule has 1 heterocycles. The number of nitrogens with one attached hydrogen (secondary N) is 1. The predicted molar refractivity (Wildman–Crippen MR) is 81.2 cm³/mol. The summed E-state index contributed by atoms with van der Waals surface area (Å²) in [6.45, 7) is 4.11. The van der Waals surface area contributed by atoms with Gasteiger partial charge in [0.05, 0.1) is 16.6 Å². The first kappa shape index (κ1) is 16.4. The van der Waals surface area contributed by atoms with Gasteiger partial charge in [0.15, 0.2) is 0 Å². The number of hydrogen-bond donors (Lipinski definition) is 2. The first-order valence-electron chi connectivity index (χ1n) is 7.26. The Hall–Kier alpha value is -1.99. The maximum Gasteiger partial charge on any atom is 0.269 e. The Balaban J connectivity index is 2.03. The maximum absolute atomic E-state index is 12.3. The van der Waals surface area contributed by atoms with Crippen molar-refractivity contribution < 1.29 is 14.5 Å². The normalized spacial score (nSPS) is 21.6. The van der Waals surface area contributed by atoms with E-state index in [9.17, 15) is 14.9 Å². The van der Waals surface area contributed by atoms with Gasteiger partial charge in [0.2, 0.25) is 5.91 Å². The van der Waals surface area contributed by atoms with Crippen molar-refractivity contribution >= 4 is 11.6 Å². The van der Waals surface area contributed by atoms with Crippen LogP contribution in [0.15, 0.2) is 24.3 Å². The van der Waals surface area contributed by atoms with Crippen molar-refractivity contribution in [3.05, 3.63) is 39.9 Å². The largest absolute Gasteiger partial charge is 0.364 e. The molecule has 1 aliphatic rings. The van der Waals surface area contributed by atoms with Crippen LogP contribution in [-0.2, 0) is 15.1 Å². The highest BCUT2D eigenvalue weighted by Crippen LogP contribution is 2.25. The van der Waals surface area contributed by atoms with Gasteiger partial charge < -0.3 is 15.8 Å². The molecule has 1 amide bonds. The number of amides is 1. The number of nitrogens with zero attached hydrogens (tertiary/aromatic N) is 1. The third-order valence-corrected chi connectivity index (χ3v) is 3.90. The zero-order valence-corrected chi connectivity index (χ0v) is 12.7. The van der Waals surface area contributed by atoms with Gasteiger partial charge in [-0.05, 0) is 44.4 Å². The first-order valence-corrected chi connectivity index (χ1v) is 7.26. The van der Waals surface area contributed by atoms with Crippen molar-refractivity contribution in [1.82, 2.24) is 5.32 Å². The van der Waals surface area contributed by atoms with Crippen molar-refractivity contribution in [2.45, 2.75) is 44.4 Å². The molecule has 7 heteroatoms. The average molecular weight is 307 g/mol. The number of non-ortho nitro benzene ring substituents is 1. The molecule has 1 saturated heterocycles. The smallest absolute Gasteiger partial charge is 0.269 e. The molecule has 0 radical (unpaired) electrons. The van der Waals surface area contributed by atoms with Crippen molar-refractivity contribution in [2.24, 2.45) is 5.73 Å². The molecule has 0 aromatic heterocycles. The fourth-order valence-corrected chi connectivity index (χ4v) is 2.53. The van der Waals surface area contributed by atoms with E-state index in [1.807, 2.05) is 13.8 Å². The van der Waals surface area contributed by atoms with Crippen molar-refractivity contribution in [2.75, 3.05) is 6.54 Å². The lowest BCUT2D eigenvalue weighted by Gasteiger charge is -2.28. The third kappa shape index (κ3) is 3.61. The van der Waals surface area contributed by atoms with Gasteiger partial charge in [0.1, 0.15) is 6.10 Å². The lowest BCUT2D eigenvalue weighted by molar-refractivity contribution is -0.384. The minimum Gasteiger partial charge on any atom is -0.364 e. The molecule has 120 valence electrons. The standard InChI is InChI=1S/C15H21N3O4/c1-15(2,10-3-5-11(6-4-10)18(20)21)17-14(19)13-8-7-12(9-16)22-13/h3-6,12-13H,7-9,16H2,1-2H3,(H,17,19)/t12-,13+/m1/s1. The van der Waals surface area contributed by atoms with Gasteiger partial charge >= 0.3 is 0 Å². The number of ether oxygens (including phenoxy) is 1. The number of nitro groups is 1. The Labute approximate surface area is 129 Å². The van der Waals surface area contributed by atoms with Gasteiger partial charge in [-0.2, -0.15) is 0 Å². The molecule has 0 aliphatic carbocycles. The van der Waals surface area contributed by atoms with Gasteiger partial charge in [0.25, 0.3) is 5.69 Å². The van der Waals surface area contributed by atoms with E-state index < -0.39 is 16.6 Å². The second kappa shape index (κ2) is 6.41. The number of nitrogens with two attached hydrogens (primary N) is 1. The molecule has 22 heavy (non-hydrogen) atoms. The molecule has 3 N–H and O–H groups in total. The molecule has 1 aromatic rings. The van der Waals surface area contributed by atoms with E-state index in [0.717, 1.165) is 12.0 Å². The quantitative estimate of drug-likeness (QED) is 0.632. The number of rotatable bonds is 5. The van der Waals surface area contributed by atoms with Gasteiger partial charge in [-0.3, -0.25) is 14.9 Å². The van der Waals surface area contributed by atoms with Crippen LogP contribution in [-0.4, -0.2) is 29.6 Å². The predicted octanol–water partition coefficient (Wildman–Crippen LogP) is 1.45. The van der Waals surface area contributed by atoms with Crippen LogP contribution in [0.4, 0.5) is 5.69 Å². The van der Waals surface area contributed by atoms with E-state index in [4.69, 9.17) is 10.5 Å². The number of carbonyl (C=O) groups excluding carboxylic acids is 1. The Morgan fingerprint density at radius 3 is 2.55 bits per heavy atom. The molecular weight excluding hydrogens is 286 g/mol. The Bertz CT molecular complexity index is 556. The maximum atomic E-state index is 12.3. The van der Waals surface area contributed by atoms with Crippen LogP contribution in [0, 0.1) is 10.1 Å². The van der Waals surface area contributed by atoms with Crippen LogP contribution in [0.3, 0.4) is 0 Å². The van der Waals surface area contributed by atoms with Gasteiger partial charge in [-0.25, -0.2) is 0 Å². The van der Waals surface area contributed by atoms with E-state index in [1.165, 1.54) is 12.1 Å². The summed E-state index contributed by atoms with van der Waals surface area (Å²) in [6.07, 6.45) is 0.903. The molecule has 1 fully saturated rings. The van der Waals surface area contributed by atoms with E-state index in [2.05, 4.69) is 5.32 Å². The lowest BCUT2D eigenvalue weighted by Crippen LogP contribution is -2.46. The van der Waals surface area contributed by atoms with Crippen LogP contribution >= 0.6 is 0 Å². The molecule has 0 saturated carbocycles. The molecule has 7 nitrogen and oxygen atoms in total.